The van der Waals surface area contributed by atoms with Gasteiger partial charge in [0.2, 0.25) is 11.5 Å². The molecule has 0 unspecified atom stereocenters. The Balaban J connectivity index is 3.22. The molecule has 0 aliphatic carbocycles. The predicted octanol–water partition coefficient (Wildman–Crippen LogP) is 6.79. The minimum absolute atomic E-state index is 0.322. The summed E-state index contributed by atoms with van der Waals surface area (Å²) in [7, 11) is 7.08. The van der Waals surface area contributed by atoms with Crippen LogP contribution in [0.2, 0.25) is 16.6 Å². The molecule has 0 aliphatic heterocycles. The number of rotatable bonds is 11. The van der Waals surface area contributed by atoms with Crippen LogP contribution in [0, 0.1) is 11.5 Å². The van der Waals surface area contributed by atoms with Gasteiger partial charge in [-0.25, -0.2) is 0 Å². The van der Waals surface area contributed by atoms with Gasteiger partial charge in [0.25, 0.3) is 0 Å². The molecule has 0 heterocycles. The van der Waals surface area contributed by atoms with E-state index >= 15 is 0 Å². The van der Waals surface area contributed by atoms with Crippen molar-refractivity contribution in [3.05, 3.63) is 23.3 Å². The summed E-state index contributed by atoms with van der Waals surface area (Å²) in [6, 6.07) is 3.45. The van der Waals surface area contributed by atoms with Crippen molar-refractivity contribution in [2.45, 2.75) is 58.2 Å². The van der Waals surface area contributed by atoms with Gasteiger partial charge in [-0.05, 0) is 22.7 Å². The third-order valence-corrected chi connectivity index (χ3v) is 13.6. The van der Waals surface area contributed by atoms with Crippen molar-refractivity contribution in [3.8, 4) is 57.1 Å². The lowest BCUT2D eigenvalue weighted by Crippen LogP contribution is -2.43. The van der Waals surface area contributed by atoms with E-state index in [0.717, 1.165) is 6.29 Å². The van der Waals surface area contributed by atoms with E-state index in [0.29, 0.717) is 73.4 Å². The lowest BCUT2D eigenvalue weighted by Gasteiger charge is -2.38. The molecule has 2 rings (SSSR count). The Morgan fingerprint density at radius 3 is 1.42 bits per heavy atom. The summed E-state index contributed by atoms with van der Waals surface area (Å²) < 4.78 is 34.2. The fourth-order valence-corrected chi connectivity index (χ4v) is 10.9. The summed E-state index contributed by atoms with van der Waals surface area (Å²) in [4.78, 5) is 12.4. The lowest BCUT2D eigenvalue weighted by molar-refractivity contribution is 0.112. The van der Waals surface area contributed by atoms with E-state index in [1.807, 2.05) is 6.07 Å². The van der Waals surface area contributed by atoms with Crippen molar-refractivity contribution in [1.82, 2.24) is 0 Å². The Morgan fingerprint density at radius 2 is 1.05 bits per heavy atom. The van der Waals surface area contributed by atoms with Gasteiger partial charge in [0, 0.05) is 28.3 Å². The smallest absolute Gasteiger partial charge is 0.204 e. The van der Waals surface area contributed by atoms with Crippen LogP contribution in [0.3, 0.4) is 0 Å². The standard InChI is InChI=1S/C30H42O7Si/c1-18(2)38(19(3)4,20(5)6)14-13-21-15-23(32-7)27(34-9)29(36-11)25(21)26-22(17-31)16-24(33-8)28(35-10)30(26)37-12/h15-20H,1-12H3. The molecule has 0 spiro atoms. The molecule has 2 aromatic rings. The van der Waals surface area contributed by atoms with E-state index in [2.05, 4.69) is 53.0 Å². The summed E-state index contributed by atoms with van der Waals surface area (Å²) in [5, 5.41) is 0. The van der Waals surface area contributed by atoms with Gasteiger partial charge in [0.15, 0.2) is 29.3 Å². The zero-order valence-electron chi connectivity index (χ0n) is 24.8. The van der Waals surface area contributed by atoms with Crippen molar-refractivity contribution < 1.29 is 33.2 Å². The summed E-state index contributed by atoms with van der Waals surface area (Å²) in [6.07, 6.45) is 0.753. The molecule has 0 radical (unpaired) electrons. The highest BCUT2D eigenvalue weighted by atomic mass is 28.3. The van der Waals surface area contributed by atoms with Gasteiger partial charge in [0.05, 0.1) is 42.7 Å². The summed E-state index contributed by atoms with van der Waals surface area (Å²) in [5.74, 6) is 5.78. The minimum Gasteiger partial charge on any atom is -0.493 e. The highest BCUT2D eigenvalue weighted by Gasteiger charge is 2.42. The molecule has 0 saturated carbocycles. The fourth-order valence-electron chi connectivity index (χ4n) is 5.64. The maximum absolute atomic E-state index is 12.4. The average molecular weight is 543 g/mol. The SMILES string of the molecule is COc1cc(C#C[Si](C(C)C)(C(C)C)C(C)C)c(-c2c(C=O)cc(OC)c(OC)c2OC)c(OC)c1OC. The Kier molecular flexibility index (Phi) is 10.5. The van der Waals surface area contributed by atoms with Crippen LogP contribution in [0.4, 0.5) is 0 Å². The normalized spacial score (nSPS) is 11.2. The number of aldehydes is 1. The third kappa shape index (κ3) is 5.30. The van der Waals surface area contributed by atoms with Crippen LogP contribution in [0.25, 0.3) is 11.1 Å². The molecule has 0 atom stereocenters. The first-order valence-electron chi connectivity index (χ1n) is 12.7. The maximum Gasteiger partial charge on any atom is 0.204 e. The molecule has 38 heavy (non-hydrogen) atoms. The molecule has 0 fully saturated rings. The van der Waals surface area contributed by atoms with Gasteiger partial charge in [-0.2, -0.15) is 0 Å². The van der Waals surface area contributed by atoms with Crippen LogP contribution >= 0.6 is 0 Å². The molecular formula is C30H42O7Si. The van der Waals surface area contributed by atoms with Crippen LogP contribution in [-0.4, -0.2) is 57.0 Å². The van der Waals surface area contributed by atoms with Crippen LogP contribution in [0.1, 0.15) is 57.5 Å². The highest BCUT2D eigenvalue weighted by molar-refractivity contribution is 6.90. The second kappa shape index (κ2) is 13.0. The second-order valence-corrected chi connectivity index (χ2v) is 15.5. The first-order valence-corrected chi connectivity index (χ1v) is 14.9. The second-order valence-electron chi connectivity index (χ2n) is 9.94. The quantitative estimate of drug-likeness (QED) is 0.176. The Hall–Kier alpha value is -3.31. The Bertz CT molecular complexity index is 1180. The molecule has 2 aromatic carbocycles. The molecule has 7 nitrogen and oxygen atoms in total. The molecule has 0 saturated heterocycles. The lowest BCUT2D eigenvalue weighted by atomic mass is 9.92. The van der Waals surface area contributed by atoms with Crippen LogP contribution in [0.15, 0.2) is 12.1 Å². The first-order chi connectivity index (χ1) is 18.0. The molecule has 208 valence electrons. The van der Waals surface area contributed by atoms with E-state index in [1.54, 1.807) is 20.3 Å². The van der Waals surface area contributed by atoms with Crippen molar-refractivity contribution in [3.63, 3.8) is 0 Å². The summed E-state index contributed by atoms with van der Waals surface area (Å²) in [5.41, 5.74) is 7.05. The largest absolute Gasteiger partial charge is 0.493 e. The summed E-state index contributed by atoms with van der Waals surface area (Å²) >= 11 is 0. The number of carbonyl (C=O) groups is 1. The topological polar surface area (TPSA) is 72.5 Å². The zero-order valence-corrected chi connectivity index (χ0v) is 25.8. The van der Waals surface area contributed by atoms with Crippen LogP contribution in [0.5, 0.6) is 34.5 Å². The highest BCUT2D eigenvalue weighted by Crippen LogP contribution is 2.53. The van der Waals surface area contributed by atoms with Crippen molar-refractivity contribution in [2.24, 2.45) is 0 Å². The van der Waals surface area contributed by atoms with Crippen molar-refractivity contribution in [1.29, 1.82) is 0 Å². The number of hydrogen-bond donors (Lipinski definition) is 0. The van der Waals surface area contributed by atoms with E-state index in [4.69, 9.17) is 28.4 Å². The number of hydrogen-bond acceptors (Lipinski definition) is 7. The number of methoxy groups -OCH3 is 6. The molecule has 0 bridgehead atoms. The summed E-state index contributed by atoms with van der Waals surface area (Å²) in [6.45, 7) is 13.6. The molecule has 0 aliphatic rings. The molecular weight excluding hydrogens is 500 g/mol. The Labute approximate surface area is 228 Å². The first kappa shape index (κ1) is 30.9. The predicted molar refractivity (Wildman–Crippen MR) is 155 cm³/mol. The Morgan fingerprint density at radius 1 is 0.632 bits per heavy atom. The molecule has 0 aromatic heterocycles. The van der Waals surface area contributed by atoms with E-state index in [-0.39, 0.29) is 0 Å². The van der Waals surface area contributed by atoms with Crippen molar-refractivity contribution >= 4 is 14.4 Å². The van der Waals surface area contributed by atoms with Gasteiger partial charge >= 0.3 is 0 Å². The van der Waals surface area contributed by atoms with Crippen LogP contribution < -0.4 is 28.4 Å². The number of carbonyl (C=O) groups excluding carboxylic acids is 1. The van der Waals surface area contributed by atoms with E-state index < -0.39 is 8.07 Å². The minimum atomic E-state index is -2.11. The van der Waals surface area contributed by atoms with Gasteiger partial charge < -0.3 is 28.4 Å². The van der Waals surface area contributed by atoms with Gasteiger partial charge in [-0.1, -0.05) is 47.5 Å². The monoisotopic (exact) mass is 542 g/mol. The van der Waals surface area contributed by atoms with E-state index in [9.17, 15) is 4.79 Å². The zero-order chi connectivity index (χ0) is 28.8. The maximum atomic E-state index is 12.4. The molecule has 0 amide bonds. The molecule has 0 N–H and O–H groups in total. The molecule has 8 heteroatoms. The number of benzene rings is 2. The van der Waals surface area contributed by atoms with E-state index in [1.165, 1.54) is 28.4 Å². The van der Waals surface area contributed by atoms with Gasteiger partial charge in [-0.15, -0.1) is 5.54 Å². The van der Waals surface area contributed by atoms with Gasteiger partial charge in [-0.3, -0.25) is 4.79 Å². The fraction of sp³-hybridized carbons (Fsp3) is 0.500. The average Bonchev–Trinajstić information content (AvgIpc) is 2.90. The number of ether oxygens (including phenoxy) is 6. The van der Waals surface area contributed by atoms with Crippen molar-refractivity contribution in [2.75, 3.05) is 42.7 Å². The van der Waals surface area contributed by atoms with Crippen LogP contribution in [-0.2, 0) is 0 Å². The van der Waals surface area contributed by atoms with Gasteiger partial charge in [0.1, 0.15) is 8.07 Å². The third-order valence-electron chi connectivity index (χ3n) is 7.35.